The molecule has 0 aliphatic carbocycles. The highest BCUT2D eigenvalue weighted by Gasteiger charge is 2.05. The van der Waals surface area contributed by atoms with Crippen LogP contribution in [0.15, 0.2) is 77.9 Å². The maximum atomic E-state index is 12.9. The predicted molar refractivity (Wildman–Crippen MR) is 132 cm³/mol. The number of hydrazone groups is 1. The maximum absolute atomic E-state index is 12.9. The SMILES string of the molecule is COc1ccc(CSCC(=O)N/N=C\c2ccc(OCC(=O)Nc3ccc(F)cc3)cc2)cc1. The van der Waals surface area contributed by atoms with Gasteiger partial charge in [-0.2, -0.15) is 5.10 Å². The van der Waals surface area contributed by atoms with Gasteiger partial charge < -0.3 is 14.8 Å². The van der Waals surface area contributed by atoms with E-state index in [2.05, 4.69) is 15.8 Å². The number of amides is 2. The number of carbonyl (C=O) groups is 2. The van der Waals surface area contributed by atoms with Crippen molar-refractivity contribution in [2.75, 3.05) is 24.8 Å². The molecule has 0 aromatic heterocycles. The van der Waals surface area contributed by atoms with Gasteiger partial charge in [0.2, 0.25) is 5.91 Å². The molecule has 0 heterocycles. The Morgan fingerprint density at radius 1 is 0.941 bits per heavy atom. The highest BCUT2D eigenvalue weighted by molar-refractivity contribution is 7.99. The van der Waals surface area contributed by atoms with Crippen LogP contribution in [0.4, 0.5) is 10.1 Å². The van der Waals surface area contributed by atoms with Gasteiger partial charge in [0, 0.05) is 11.4 Å². The topological polar surface area (TPSA) is 89.0 Å². The lowest BCUT2D eigenvalue weighted by Gasteiger charge is -2.07. The average molecular weight is 482 g/mol. The lowest BCUT2D eigenvalue weighted by molar-refractivity contribution is -0.119. The van der Waals surface area contributed by atoms with Crippen molar-refractivity contribution in [1.29, 1.82) is 0 Å². The molecule has 7 nitrogen and oxygen atoms in total. The van der Waals surface area contributed by atoms with Crippen molar-refractivity contribution in [1.82, 2.24) is 5.43 Å². The van der Waals surface area contributed by atoms with Crippen molar-refractivity contribution >= 4 is 35.5 Å². The molecular weight excluding hydrogens is 457 g/mol. The summed E-state index contributed by atoms with van der Waals surface area (Å²) in [5.74, 6) is 1.38. The minimum atomic E-state index is -0.374. The van der Waals surface area contributed by atoms with E-state index in [0.29, 0.717) is 17.2 Å². The minimum Gasteiger partial charge on any atom is -0.497 e. The quantitative estimate of drug-likeness (QED) is 0.316. The smallest absolute Gasteiger partial charge is 0.262 e. The van der Waals surface area contributed by atoms with Crippen LogP contribution in [-0.2, 0) is 15.3 Å². The van der Waals surface area contributed by atoms with Crippen molar-refractivity contribution in [2.45, 2.75) is 5.75 Å². The van der Waals surface area contributed by atoms with E-state index in [1.807, 2.05) is 24.3 Å². The number of carbonyl (C=O) groups excluding carboxylic acids is 2. The monoisotopic (exact) mass is 481 g/mol. The number of hydrogen-bond donors (Lipinski definition) is 2. The molecule has 0 saturated carbocycles. The van der Waals surface area contributed by atoms with E-state index in [9.17, 15) is 14.0 Å². The van der Waals surface area contributed by atoms with Crippen LogP contribution < -0.4 is 20.2 Å². The Balaban J connectivity index is 1.34. The standard InChI is InChI=1S/C25H24FN3O4S/c1-32-22-10-4-19(5-11-22)16-34-17-25(31)29-27-14-18-2-12-23(13-3-18)33-15-24(30)28-21-8-6-20(26)7-9-21/h2-14H,15-17H2,1H3,(H,28,30)(H,29,31)/b27-14-. The third kappa shape index (κ3) is 8.59. The first-order chi connectivity index (χ1) is 16.5. The summed E-state index contributed by atoms with van der Waals surface area (Å²) in [6.07, 6.45) is 1.52. The molecule has 0 radical (unpaired) electrons. The Hall–Kier alpha value is -3.85. The zero-order valence-electron chi connectivity index (χ0n) is 18.5. The Morgan fingerprint density at radius 2 is 1.62 bits per heavy atom. The molecular formula is C25H24FN3O4S. The number of hydrogen-bond acceptors (Lipinski definition) is 6. The first-order valence-electron chi connectivity index (χ1n) is 10.3. The van der Waals surface area contributed by atoms with Gasteiger partial charge in [-0.25, -0.2) is 9.82 Å². The van der Waals surface area contributed by atoms with E-state index in [4.69, 9.17) is 9.47 Å². The van der Waals surface area contributed by atoms with Gasteiger partial charge in [0.1, 0.15) is 17.3 Å². The van der Waals surface area contributed by atoms with Gasteiger partial charge in [-0.3, -0.25) is 9.59 Å². The number of thioether (sulfide) groups is 1. The Morgan fingerprint density at radius 3 is 2.29 bits per heavy atom. The summed E-state index contributed by atoms with van der Waals surface area (Å²) < 4.78 is 23.5. The zero-order valence-corrected chi connectivity index (χ0v) is 19.3. The van der Waals surface area contributed by atoms with E-state index >= 15 is 0 Å². The molecule has 176 valence electrons. The van der Waals surface area contributed by atoms with E-state index < -0.39 is 0 Å². The van der Waals surface area contributed by atoms with Gasteiger partial charge in [-0.05, 0) is 71.8 Å². The van der Waals surface area contributed by atoms with E-state index in [1.165, 1.54) is 42.2 Å². The number of benzene rings is 3. The van der Waals surface area contributed by atoms with Crippen molar-refractivity contribution < 1.29 is 23.5 Å². The second kappa shape index (κ2) is 13.0. The number of ether oxygens (including phenoxy) is 2. The van der Waals surface area contributed by atoms with Crippen LogP contribution in [0.2, 0.25) is 0 Å². The average Bonchev–Trinajstić information content (AvgIpc) is 2.85. The summed E-state index contributed by atoms with van der Waals surface area (Å²) in [6, 6.07) is 20.1. The largest absolute Gasteiger partial charge is 0.497 e. The van der Waals surface area contributed by atoms with Crippen molar-refractivity contribution in [2.24, 2.45) is 5.10 Å². The number of rotatable bonds is 11. The van der Waals surface area contributed by atoms with E-state index in [0.717, 1.165) is 16.9 Å². The zero-order chi connectivity index (χ0) is 24.2. The first kappa shape index (κ1) is 24.8. The van der Waals surface area contributed by atoms with Crippen molar-refractivity contribution in [3.8, 4) is 11.5 Å². The lowest BCUT2D eigenvalue weighted by atomic mass is 10.2. The van der Waals surface area contributed by atoms with E-state index in [-0.39, 0.29) is 30.0 Å². The van der Waals surface area contributed by atoms with Crippen LogP contribution in [0.3, 0.4) is 0 Å². The van der Waals surface area contributed by atoms with Gasteiger partial charge in [-0.1, -0.05) is 12.1 Å². The van der Waals surface area contributed by atoms with Crippen molar-refractivity contribution in [3.63, 3.8) is 0 Å². The van der Waals surface area contributed by atoms with Crippen LogP contribution in [0.25, 0.3) is 0 Å². The summed E-state index contributed by atoms with van der Waals surface area (Å²) in [7, 11) is 1.62. The molecule has 3 aromatic rings. The maximum Gasteiger partial charge on any atom is 0.262 e. The second-order valence-corrected chi connectivity index (χ2v) is 8.03. The molecule has 0 saturated heterocycles. The fourth-order valence-electron chi connectivity index (χ4n) is 2.72. The number of anilines is 1. The molecule has 0 spiro atoms. The third-order valence-corrected chi connectivity index (χ3v) is 5.45. The molecule has 2 amide bonds. The van der Waals surface area contributed by atoms with Crippen LogP contribution in [-0.4, -0.2) is 37.5 Å². The number of nitrogens with zero attached hydrogens (tertiary/aromatic N) is 1. The Labute approximate surface area is 201 Å². The van der Waals surface area contributed by atoms with Gasteiger partial charge in [0.05, 0.1) is 19.1 Å². The molecule has 2 N–H and O–H groups in total. The summed E-state index contributed by atoms with van der Waals surface area (Å²) in [4.78, 5) is 23.9. The second-order valence-electron chi connectivity index (χ2n) is 7.05. The fourth-order valence-corrected chi connectivity index (χ4v) is 3.50. The number of halogens is 1. The highest BCUT2D eigenvalue weighted by atomic mass is 32.2. The Bertz CT molecular complexity index is 1100. The summed E-state index contributed by atoms with van der Waals surface area (Å²) in [5.41, 5.74) is 4.85. The number of nitrogens with one attached hydrogen (secondary N) is 2. The minimum absolute atomic E-state index is 0.185. The molecule has 0 bridgehead atoms. The van der Waals surface area contributed by atoms with Crippen LogP contribution in [0.5, 0.6) is 11.5 Å². The van der Waals surface area contributed by atoms with Crippen LogP contribution >= 0.6 is 11.8 Å². The molecule has 34 heavy (non-hydrogen) atoms. The Kier molecular flexibility index (Phi) is 9.48. The molecule has 9 heteroatoms. The van der Waals surface area contributed by atoms with Crippen LogP contribution in [0.1, 0.15) is 11.1 Å². The molecule has 0 unspecified atom stereocenters. The summed E-state index contributed by atoms with van der Waals surface area (Å²) in [6.45, 7) is -0.185. The molecule has 0 atom stereocenters. The number of methoxy groups -OCH3 is 1. The van der Waals surface area contributed by atoms with E-state index in [1.54, 1.807) is 31.4 Å². The molecule has 0 fully saturated rings. The summed E-state index contributed by atoms with van der Waals surface area (Å²) in [5, 5.41) is 6.58. The van der Waals surface area contributed by atoms with Crippen molar-refractivity contribution in [3.05, 3.63) is 89.7 Å². The van der Waals surface area contributed by atoms with Gasteiger partial charge >= 0.3 is 0 Å². The van der Waals surface area contributed by atoms with Crippen LogP contribution in [0, 0.1) is 5.82 Å². The molecule has 3 rings (SSSR count). The summed E-state index contributed by atoms with van der Waals surface area (Å²) >= 11 is 1.49. The van der Waals surface area contributed by atoms with Gasteiger partial charge in [0.15, 0.2) is 6.61 Å². The van der Waals surface area contributed by atoms with Gasteiger partial charge in [-0.15, -0.1) is 11.8 Å². The first-order valence-corrected chi connectivity index (χ1v) is 11.5. The molecule has 0 aliphatic heterocycles. The predicted octanol–water partition coefficient (Wildman–Crippen LogP) is 4.24. The third-order valence-electron chi connectivity index (χ3n) is 4.44. The highest BCUT2D eigenvalue weighted by Crippen LogP contribution is 2.16. The lowest BCUT2D eigenvalue weighted by Crippen LogP contribution is -2.20. The molecule has 3 aromatic carbocycles. The fraction of sp³-hybridized carbons (Fsp3) is 0.160. The normalized spacial score (nSPS) is 10.6. The molecule has 0 aliphatic rings. The van der Waals surface area contributed by atoms with Gasteiger partial charge in [0.25, 0.3) is 5.91 Å².